The highest BCUT2D eigenvalue weighted by molar-refractivity contribution is 5.75. The van der Waals surface area contributed by atoms with Crippen molar-refractivity contribution in [1.82, 2.24) is 0 Å². The second-order valence-electron chi connectivity index (χ2n) is 7.68. The van der Waals surface area contributed by atoms with Crippen LogP contribution in [0.5, 0.6) is 23.0 Å². The number of phenolic OH excluding ortho intramolecular Hbond substituents is 4. The van der Waals surface area contributed by atoms with Crippen molar-refractivity contribution in [3.63, 3.8) is 0 Å². The predicted molar refractivity (Wildman–Crippen MR) is 127 cm³/mol. The molecule has 3 aromatic rings. The van der Waals surface area contributed by atoms with Crippen LogP contribution in [0.2, 0.25) is 0 Å². The molecule has 0 fully saturated rings. The van der Waals surface area contributed by atoms with Crippen LogP contribution in [0, 0.1) is 0 Å². The zero-order valence-corrected chi connectivity index (χ0v) is 18.3. The van der Waals surface area contributed by atoms with Crippen LogP contribution in [0.4, 0.5) is 0 Å². The lowest BCUT2D eigenvalue weighted by atomic mass is 10.0. The molecule has 3 aromatic carbocycles. The molecule has 0 aliphatic heterocycles. The quantitative estimate of drug-likeness (QED) is 0.276. The van der Waals surface area contributed by atoms with Gasteiger partial charge in [-0.3, -0.25) is 0 Å². The molecule has 0 aliphatic carbocycles. The molecular weight excluding hydrogens is 388 g/mol. The van der Waals surface area contributed by atoms with E-state index in [1.54, 1.807) is 36.4 Å². The third kappa shape index (κ3) is 7.89. The lowest BCUT2D eigenvalue weighted by Crippen LogP contribution is -1.88. The number of hydrogen-bond donors (Lipinski definition) is 4. The fraction of sp³-hybridized carbons (Fsp3) is 0.333. The zero-order chi connectivity index (χ0) is 22.5. The molecule has 0 bridgehead atoms. The summed E-state index contributed by atoms with van der Waals surface area (Å²) >= 11 is 0. The van der Waals surface area contributed by atoms with E-state index in [1.165, 1.54) is 38.5 Å². The smallest absolute Gasteiger partial charge is 0.127 e. The summed E-state index contributed by atoms with van der Waals surface area (Å²) in [5.41, 5.74) is 1.98. The van der Waals surface area contributed by atoms with Gasteiger partial charge in [0.25, 0.3) is 0 Å². The van der Waals surface area contributed by atoms with E-state index in [4.69, 9.17) is 0 Å². The predicted octanol–water partition coefficient (Wildman–Crippen LogP) is 7.16. The molecule has 166 valence electrons. The van der Waals surface area contributed by atoms with Gasteiger partial charge < -0.3 is 20.4 Å². The molecule has 0 saturated heterocycles. The zero-order valence-electron chi connectivity index (χ0n) is 18.3. The monoisotopic (exact) mass is 422 g/mol. The Balaban J connectivity index is 0.000000224. The number of phenols is 4. The van der Waals surface area contributed by atoms with Crippen molar-refractivity contribution >= 4 is 0 Å². The summed E-state index contributed by atoms with van der Waals surface area (Å²) in [6.07, 6.45) is 9.50. The van der Waals surface area contributed by atoms with Crippen LogP contribution < -0.4 is 0 Å². The molecule has 4 N–H and O–H groups in total. The molecule has 0 aromatic heterocycles. The maximum absolute atomic E-state index is 9.60. The van der Waals surface area contributed by atoms with E-state index in [9.17, 15) is 20.4 Å². The summed E-state index contributed by atoms with van der Waals surface area (Å²) in [6.45, 7) is 2.22. The Morgan fingerprint density at radius 1 is 0.516 bits per heavy atom. The molecule has 0 spiro atoms. The van der Waals surface area contributed by atoms with Crippen molar-refractivity contribution in [2.75, 3.05) is 0 Å². The molecule has 0 atom stereocenters. The van der Waals surface area contributed by atoms with E-state index in [0.717, 1.165) is 18.4 Å². The van der Waals surface area contributed by atoms with Crippen molar-refractivity contribution in [2.24, 2.45) is 0 Å². The van der Waals surface area contributed by atoms with Gasteiger partial charge in [-0.15, -0.1) is 0 Å². The van der Waals surface area contributed by atoms with E-state index in [-0.39, 0.29) is 23.0 Å². The van der Waals surface area contributed by atoms with Gasteiger partial charge in [-0.2, -0.15) is 0 Å². The first kappa shape index (κ1) is 24.1. The molecule has 0 heterocycles. The fourth-order valence-electron chi connectivity index (χ4n) is 3.51. The molecular formula is C27H34O4. The van der Waals surface area contributed by atoms with Crippen molar-refractivity contribution < 1.29 is 20.4 Å². The van der Waals surface area contributed by atoms with Gasteiger partial charge in [0.05, 0.1) is 5.56 Å². The van der Waals surface area contributed by atoms with Crippen molar-refractivity contribution in [3.05, 3.63) is 72.3 Å². The van der Waals surface area contributed by atoms with Crippen molar-refractivity contribution in [2.45, 2.75) is 58.3 Å². The number of hydrogen-bond acceptors (Lipinski definition) is 4. The molecule has 0 aliphatic rings. The van der Waals surface area contributed by atoms with E-state index < -0.39 is 0 Å². The first-order valence-corrected chi connectivity index (χ1v) is 11.1. The number of unbranched alkanes of at least 4 members (excludes halogenated alkanes) is 6. The maximum atomic E-state index is 9.60. The molecule has 31 heavy (non-hydrogen) atoms. The van der Waals surface area contributed by atoms with Crippen LogP contribution in [-0.2, 0) is 6.42 Å². The highest BCUT2D eigenvalue weighted by Crippen LogP contribution is 2.36. The number of rotatable bonds is 9. The SMILES string of the molecule is CCCCCCCCCc1c(O)cccc1O.Oc1cccc(O)c1-c1ccccc1. The maximum Gasteiger partial charge on any atom is 0.127 e. The molecule has 4 nitrogen and oxygen atoms in total. The Morgan fingerprint density at radius 3 is 1.55 bits per heavy atom. The Morgan fingerprint density at radius 2 is 1.00 bits per heavy atom. The first-order valence-electron chi connectivity index (χ1n) is 11.1. The standard InChI is InChI=1S/C15H24O2.C12H10O2/c1-2-3-4-5-6-7-8-10-13-14(16)11-9-12-15(13)17;13-10-7-4-8-11(14)12(10)9-5-2-1-3-6-9/h9,11-12,16-17H,2-8,10H2,1H3;1-8,13-14H. The number of benzene rings is 3. The van der Waals surface area contributed by atoms with Gasteiger partial charge in [0, 0.05) is 5.56 Å². The van der Waals surface area contributed by atoms with Crippen LogP contribution in [0.3, 0.4) is 0 Å². The summed E-state index contributed by atoms with van der Waals surface area (Å²) in [5.74, 6) is 0.624. The topological polar surface area (TPSA) is 80.9 Å². The fourth-order valence-corrected chi connectivity index (χ4v) is 3.51. The molecule has 0 saturated carbocycles. The lowest BCUT2D eigenvalue weighted by Gasteiger charge is -2.06. The second-order valence-corrected chi connectivity index (χ2v) is 7.68. The Kier molecular flexibility index (Phi) is 10.3. The Bertz CT molecular complexity index is 866. The van der Waals surface area contributed by atoms with Gasteiger partial charge in [-0.25, -0.2) is 0 Å². The van der Waals surface area contributed by atoms with Gasteiger partial charge in [-0.05, 0) is 42.7 Å². The minimum atomic E-state index is 0.0937. The number of aromatic hydroxyl groups is 4. The summed E-state index contributed by atoms with van der Waals surface area (Å²) in [6, 6.07) is 19.0. The molecule has 0 unspecified atom stereocenters. The summed E-state index contributed by atoms with van der Waals surface area (Å²) in [5, 5.41) is 38.4. The van der Waals surface area contributed by atoms with Gasteiger partial charge in [-0.1, -0.05) is 87.9 Å². The van der Waals surface area contributed by atoms with Crippen molar-refractivity contribution in [1.29, 1.82) is 0 Å². The summed E-state index contributed by atoms with van der Waals surface area (Å²) < 4.78 is 0. The van der Waals surface area contributed by atoms with Crippen LogP contribution in [-0.4, -0.2) is 20.4 Å². The van der Waals surface area contributed by atoms with Gasteiger partial charge in [0.2, 0.25) is 0 Å². The largest absolute Gasteiger partial charge is 0.508 e. The van der Waals surface area contributed by atoms with Gasteiger partial charge in [0.1, 0.15) is 23.0 Å². The molecule has 0 amide bonds. The van der Waals surface area contributed by atoms with Crippen LogP contribution >= 0.6 is 0 Å². The minimum Gasteiger partial charge on any atom is -0.508 e. The van der Waals surface area contributed by atoms with E-state index >= 15 is 0 Å². The normalized spacial score (nSPS) is 10.4. The average molecular weight is 423 g/mol. The van der Waals surface area contributed by atoms with Crippen molar-refractivity contribution in [3.8, 4) is 34.1 Å². The van der Waals surface area contributed by atoms with E-state index in [1.807, 2.05) is 30.3 Å². The Labute approximate surface area is 185 Å². The van der Waals surface area contributed by atoms with E-state index in [0.29, 0.717) is 11.1 Å². The third-order valence-corrected chi connectivity index (χ3v) is 5.24. The third-order valence-electron chi connectivity index (χ3n) is 5.24. The summed E-state index contributed by atoms with van der Waals surface area (Å²) in [4.78, 5) is 0. The lowest BCUT2D eigenvalue weighted by molar-refractivity contribution is 0.435. The molecule has 0 radical (unpaired) electrons. The van der Waals surface area contributed by atoms with Crippen LogP contribution in [0.25, 0.3) is 11.1 Å². The second kappa shape index (κ2) is 13.2. The molecule has 4 heteroatoms. The van der Waals surface area contributed by atoms with Crippen LogP contribution in [0.1, 0.15) is 57.4 Å². The van der Waals surface area contributed by atoms with Gasteiger partial charge >= 0.3 is 0 Å². The Hall–Kier alpha value is -3.14. The molecule has 3 rings (SSSR count). The van der Waals surface area contributed by atoms with E-state index in [2.05, 4.69) is 6.92 Å². The minimum absolute atomic E-state index is 0.0937. The first-order chi connectivity index (χ1) is 15.0. The van der Waals surface area contributed by atoms with Gasteiger partial charge in [0.15, 0.2) is 0 Å². The highest BCUT2D eigenvalue weighted by Gasteiger charge is 2.08. The highest BCUT2D eigenvalue weighted by atomic mass is 16.3. The summed E-state index contributed by atoms with van der Waals surface area (Å²) in [7, 11) is 0. The van der Waals surface area contributed by atoms with Crippen LogP contribution in [0.15, 0.2) is 66.7 Å². The average Bonchev–Trinajstić information content (AvgIpc) is 2.76.